The minimum atomic E-state index is -0.272. The Labute approximate surface area is 90.1 Å². The Hall–Kier alpha value is -1.37. The molecule has 0 fully saturated rings. The molecule has 0 amide bonds. The molecule has 1 heterocycles. The first-order valence-electron chi connectivity index (χ1n) is 4.30. The third kappa shape index (κ3) is 2.17. The maximum Gasteiger partial charge on any atom is 0.123 e. The van der Waals surface area contributed by atoms with Gasteiger partial charge in [0.2, 0.25) is 0 Å². The van der Waals surface area contributed by atoms with E-state index in [0.717, 1.165) is 11.3 Å². The first kappa shape index (κ1) is 10.2. The van der Waals surface area contributed by atoms with Gasteiger partial charge in [-0.3, -0.25) is 5.84 Å². The van der Waals surface area contributed by atoms with E-state index in [1.807, 2.05) is 0 Å². The molecular formula is C9H9FN4S. The lowest BCUT2D eigenvalue weighted by Crippen LogP contribution is -2.29. The minimum Gasteiger partial charge on any atom is -0.271 e. The van der Waals surface area contributed by atoms with Crippen LogP contribution in [-0.2, 0) is 0 Å². The fraction of sp³-hybridized carbons (Fsp3) is 0.111. The first-order chi connectivity index (χ1) is 7.31. The van der Waals surface area contributed by atoms with Crippen molar-refractivity contribution in [3.05, 3.63) is 46.7 Å². The van der Waals surface area contributed by atoms with Gasteiger partial charge in [0.05, 0.1) is 11.7 Å². The zero-order valence-corrected chi connectivity index (χ0v) is 8.54. The molecule has 0 radical (unpaired) electrons. The molecule has 2 aromatic rings. The number of benzene rings is 1. The van der Waals surface area contributed by atoms with E-state index in [9.17, 15) is 4.39 Å². The second-order valence-electron chi connectivity index (χ2n) is 2.98. The Morgan fingerprint density at radius 3 is 2.60 bits per heavy atom. The molecule has 0 saturated carbocycles. The van der Waals surface area contributed by atoms with E-state index in [4.69, 9.17) is 5.84 Å². The minimum absolute atomic E-state index is 0.246. The molecule has 1 aromatic heterocycles. The summed E-state index contributed by atoms with van der Waals surface area (Å²) in [6.45, 7) is 0. The topological polar surface area (TPSA) is 63.8 Å². The Morgan fingerprint density at radius 1 is 1.33 bits per heavy atom. The van der Waals surface area contributed by atoms with Gasteiger partial charge in [-0.2, -0.15) is 0 Å². The fourth-order valence-electron chi connectivity index (χ4n) is 1.31. The lowest BCUT2D eigenvalue weighted by atomic mass is 10.1. The van der Waals surface area contributed by atoms with E-state index in [0.29, 0.717) is 0 Å². The van der Waals surface area contributed by atoms with Crippen molar-refractivity contribution in [2.75, 3.05) is 0 Å². The van der Waals surface area contributed by atoms with Crippen LogP contribution in [0.3, 0.4) is 0 Å². The molecule has 0 aliphatic heterocycles. The molecule has 1 atom stereocenters. The number of nitrogens with two attached hydrogens (primary N) is 1. The summed E-state index contributed by atoms with van der Waals surface area (Å²) >= 11 is 1.25. The molecule has 2 rings (SSSR count). The average molecular weight is 224 g/mol. The monoisotopic (exact) mass is 224 g/mol. The predicted octanol–water partition coefficient (Wildman–Crippen LogP) is 1.23. The van der Waals surface area contributed by atoms with Gasteiger partial charge in [-0.1, -0.05) is 16.6 Å². The molecule has 0 spiro atoms. The van der Waals surface area contributed by atoms with Crippen LogP contribution in [0.15, 0.2) is 29.6 Å². The quantitative estimate of drug-likeness (QED) is 0.608. The standard InChI is InChI=1S/C9H9FN4S/c10-7-3-1-6(2-4-7)9(12-11)8-5-15-14-13-8/h1-5,9,12H,11H2. The molecule has 1 aromatic carbocycles. The molecular weight excluding hydrogens is 215 g/mol. The third-order valence-electron chi connectivity index (χ3n) is 2.04. The molecule has 0 aliphatic carbocycles. The Kier molecular flexibility index (Phi) is 3.00. The number of nitrogens with zero attached hydrogens (tertiary/aromatic N) is 2. The lowest BCUT2D eigenvalue weighted by Gasteiger charge is -2.12. The third-order valence-corrected chi connectivity index (χ3v) is 2.57. The van der Waals surface area contributed by atoms with Gasteiger partial charge in [-0.25, -0.2) is 9.82 Å². The van der Waals surface area contributed by atoms with Crippen LogP contribution in [0.25, 0.3) is 0 Å². The number of hydrogen-bond acceptors (Lipinski definition) is 5. The number of halogens is 1. The van der Waals surface area contributed by atoms with Crippen molar-refractivity contribution >= 4 is 11.5 Å². The van der Waals surface area contributed by atoms with Crippen molar-refractivity contribution in [1.82, 2.24) is 15.0 Å². The highest BCUT2D eigenvalue weighted by atomic mass is 32.1. The van der Waals surface area contributed by atoms with E-state index in [1.165, 1.54) is 23.7 Å². The number of rotatable bonds is 3. The van der Waals surface area contributed by atoms with E-state index >= 15 is 0 Å². The van der Waals surface area contributed by atoms with Crippen LogP contribution in [0.2, 0.25) is 0 Å². The van der Waals surface area contributed by atoms with E-state index in [1.54, 1.807) is 17.5 Å². The van der Waals surface area contributed by atoms with E-state index in [-0.39, 0.29) is 11.9 Å². The summed E-state index contributed by atoms with van der Waals surface area (Å²) in [7, 11) is 0. The van der Waals surface area contributed by atoms with E-state index < -0.39 is 0 Å². The summed E-state index contributed by atoms with van der Waals surface area (Å²) in [6, 6.07) is 5.86. The number of hydrogen-bond donors (Lipinski definition) is 2. The zero-order valence-electron chi connectivity index (χ0n) is 7.72. The largest absolute Gasteiger partial charge is 0.271 e. The molecule has 4 nitrogen and oxygen atoms in total. The van der Waals surface area contributed by atoms with E-state index in [2.05, 4.69) is 15.0 Å². The fourth-order valence-corrected chi connectivity index (χ4v) is 1.79. The highest BCUT2D eigenvalue weighted by molar-refractivity contribution is 7.03. The Morgan fingerprint density at radius 2 is 2.07 bits per heavy atom. The van der Waals surface area contributed by atoms with Gasteiger partial charge in [0.25, 0.3) is 0 Å². The molecule has 3 N–H and O–H groups in total. The highest BCUT2D eigenvalue weighted by Gasteiger charge is 2.14. The van der Waals surface area contributed by atoms with Crippen molar-refractivity contribution in [3.63, 3.8) is 0 Å². The summed E-state index contributed by atoms with van der Waals surface area (Å²) in [5.74, 6) is 5.15. The Balaban J connectivity index is 2.31. The van der Waals surface area contributed by atoms with Crippen LogP contribution in [-0.4, -0.2) is 9.59 Å². The number of hydrazine groups is 1. The summed E-state index contributed by atoms with van der Waals surface area (Å²) in [5.41, 5.74) is 4.21. The smallest absolute Gasteiger partial charge is 0.123 e. The molecule has 0 bridgehead atoms. The summed E-state index contributed by atoms with van der Waals surface area (Å²) in [4.78, 5) is 0. The van der Waals surface area contributed by atoms with Crippen LogP contribution < -0.4 is 11.3 Å². The van der Waals surface area contributed by atoms with Crippen LogP contribution in [0, 0.1) is 5.82 Å². The van der Waals surface area contributed by atoms with Gasteiger partial charge >= 0.3 is 0 Å². The average Bonchev–Trinajstić information content (AvgIpc) is 2.75. The molecule has 78 valence electrons. The van der Waals surface area contributed by atoms with Gasteiger partial charge in [-0.05, 0) is 29.2 Å². The normalized spacial score (nSPS) is 12.7. The summed E-state index contributed by atoms with van der Waals surface area (Å²) < 4.78 is 16.5. The molecule has 6 heteroatoms. The van der Waals surface area contributed by atoms with Crippen LogP contribution in [0.4, 0.5) is 4.39 Å². The van der Waals surface area contributed by atoms with Gasteiger partial charge in [0, 0.05) is 5.38 Å². The summed E-state index contributed by atoms with van der Waals surface area (Å²) in [6.07, 6.45) is 0. The van der Waals surface area contributed by atoms with Crippen molar-refractivity contribution in [3.8, 4) is 0 Å². The SMILES string of the molecule is NNC(c1ccc(F)cc1)c1csnn1. The molecule has 1 unspecified atom stereocenters. The van der Waals surface area contributed by atoms with Crippen molar-refractivity contribution < 1.29 is 4.39 Å². The molecule has 15 heavy (non-hydrogen) atoms. The second-order valence-corrected chi connectivity index (χ2v) is 3.59. The van der Waals surface area contributed by atoms with Gasteiger partial charge in [0.1, 0.15) is 5.82 Å². The Bertz CT molecular complexity index is 414. The lowest BCUT2D eigenvalue weighted by molar-refractivity contribution is 0.607. The van der Waals surface area contributed by atoms with Crippen LogP contribution >= 0.6 is 11.5 Å². The van der Waals surface area contributed by atoms with Gasteiger partial charge in [0.15, 0.2) is 0 Å². The maximum absolute atomic E-state index is 12.7. The second kappa shape index (κ2) is 4.43. The first-order valence-corrected chi connectivity index (χ1v) is 5.13. The predicted molar refractivity (Wildman–Crippen MR) is 55.5 cm³/mol. The van der Waals surface area contributed by atoms with Crippen LogP contribution in [0.1, 0.15) is 17.3 Å². The van der Waals surface area contributed by atoms with Crippen molar-refractivity contribution in [2.45, 2.75) is 6.04 Å². The molecule has 0 saturated heterocycles. The van der Waals surface area contributed by atoms with Gasteiger partial charge in [-0.15, -0.1) is 5.10 Å². The molecule has 0 aliphatic rings. The number of aromatic nitrogens is 2. The van der Waals surface area contributed by atoms with Crippen LogP contribution in [0.5, 0.6) is 0 Å². The highest BCUT2D eigenvalue weighted by Crippen LogP contribution is 2.20. The summed E-state index contributed by atoms with van der Waals surface area (Å²) in [5, 5.41) is 5.72. The maximum atomic E-state index is 12.7. The zero-order chi connectivity index (χ0) is 10.7. The van der Waals surface area contributed by atoms with Gasteiger partial charge < -0.3 is 0 Å². The number of nitrogens with one attached hydrogen (secondary N) is 1. The van der Waals surface area contributed by atoms with Crippen molar-refractivity contribution in [1.29, 1.82) is 0 Å². The van der Waals surface area contributed by atoms with Crippen molar-refractivity contribution in [2.24, 2.45) is 5.84 Å².